The van der Waals surface area contributed by atoms with E-state index in [1.807, 2.05) is 54.6 Å². The number of anilines is 2. The van der Waals surface area contributed by atoms with Crippen molar-refractivity contribution < 1.29 is 9.53 Å². The normalized spacial score (nSPS) is 15.9. The lowest BCUT2D eigenvalue weighted by molar-refractivity contribution is -0.122. The van der Waals surface area contributed by atoms with Crippen molar-refractivity contribution in [1.29, 1.82) is 0 Å². The first-order valence-corrected chi connectivity index (χ1v) is 10.1. The molecular formula is C24H27N3O2. The van der Waals surface area contributed by atoms with E-state index in [1.54, 1.807) is 6.92 Å². The van der Waals surface area contributed by atoms with Crippen LogP contribution in [0, 0.1) is 0 Å². The first-order valence-electron chi connectivity index (χ1n) is 10.1. The third-order valence-corrected chi connectivity index (χ3v) is 5.43. The van der Waals surface area contributed by atoms with Crippen molar-refractivity contribution in [3.05, 3.63) is 66.7 Å². The molecule has 4 rings (SSSR count). The number of nitrogens with zero attached hydrogens (tertiary/aromatic N) is 2. The summed E-state index contributed by atoms with van der Waals surface area (Å²) in [5, 5.41) is 5.06. The molecule has 1 saturated heterocycles. The Labute approximate surface area is 171 Å². The molecule has 0 spiro atoms. The first-order chi connectivity index (χ1) is 14.1. The minimum atomic E-state index is -0.599. The van der Waals surface area contributed by atoms with E-state index >= 15 is 0 Å². The van der Waals surface area contributed by atoms with Gasteiger partial charge in [0.15, 0.2) is 6.10 Å². The van der Waals surface area contributed by atoms with Crippen LogP contribution >= 0.6 is 0 Å². The molecule has 3 aromatic rings. The summed E-state index contributed by atoms with van der Waals surface area (Å²) in [5.74, 6) is 0.557. The Hall–Kier alpha value is -3.05. The monoisotopic (exact) mass is 389 g/mol. The van der Waals surface area contributed by atoms with Crippen LogP contribution in [0.1, 0.15) is 6.92 Å². The lowest BCUT2D eigenvalue weighted by Crippen LogP contribution is -2.44. The molecule has 1 aliphatic rings. The Morgan fingerprint density at radius 2 is 1.62 bits per heavy atom. The van der Waals surface area contributed by atoms with Crippen LogP contribution in [-0.2, 0) is 4.79 Å². The average molecular weight is 389 g/mol. The van der Waals surface area contributed by atoms with Crippen LogP contribution in [0.2, 0.25) is 0 Å². The van der Waals surface area contributed by atoms with Gasteiger partial charge in [-0.25, -0.2) is 0 Å². The highest BCUT2D eigenvalue weighted by Crippen LogP contribution is 2.26. The largest absolute Gasteiger partial charge is 0.480 e. The van der Waals surface area contributed by atoms with Gasteiger partial charge in [0.05, 0.1) is 0 Å². The standard InChI is InChI=1S/C24H27N3O2/c1-18(29-23-9-5-7-19-6-3-4-8-22(19)23)24(28)25-20-10-12-21(13-11-20)27-16-14-26(2)15-17-27/h3-13,18H,14-17H2,1-2H3,(H,25,28)/t18-/m0/s1. The van der Waals surface area contributed by atoms with E-state index in [1.165, 1.54) is 5.69 Å². The number of piperazine rings is 1. The number of ether oxygens (including phenoxy) is 1. The number of nitrogens with one attached hydrogen (secondary N) is 1. The van der Waals surface area contributed by atoms with Crippen LogP contribution in [0.5, 0.6) is 5.75 Å². The fraction of sp³-hybridized carbons (Fsp3) is 0.292. The van der Waals surface area contributed by atoms with Gasteiger partial charge in [0.2, 0.25) is 0 Å². The summed E-state index contributed by atoms with van der Waals surface area (Å²) >= 11 is 0. The maximum Gasteiger partial charge on any atom is 0.265 e. The fourth-order valence-corrected chi connectivity index (χ4v) is 3.61. The van der Waals surface area contributed by atoms with Gasteiger partial charge < -0.3 is 19.9 Å². The van der Waals surface area contributed by atoms with Gasteiger partial charge in [-0.15, -0.1) is 0 Å². The van der Waals surface area contributed by atoms with Crippen LogP contribution in [0.15, 0.2) is 66.7 Å². The number of benzene rings is 3. The Bertz CT molecular complexity index is 974. The average Bonchev–Trinajstić information content (AvgIpc) is 2.75. The van der Waals surface area contributed by atoms with Crippen molar-refractivity contribution in [2.24, 2.45) is 0 Å². The molecule has 0 aliphatic carbocycles. The molecule has 1 N–H and O–H groups in total. The topological polar surface area (TPSA) is 44.8 Å². The van der Waals surface area contributed by atoms with Crippen LogP contribution < -0.4 is 15.0 Å². The Kier molecular flexibility index (Phi) is 5.67. The number of rotatable bonds is 5. The predicted octanol–water partition coefficient (Wildman–Crippen LogP) is 4.00. The Morgan fingerprint density at radius 1 is 0.931 bits per heavy atom. The van der Waals surface area contributed by atoms with Gasteiger partial charge in [0.1, 0.15) is 5.75 Å². The van der Waals surface area contributed by atoms with Crippen molar-refractivity contribution in [3.63, 3.8) is 0 Å². The summed E-state index contributed by atoms with van der Waals surface area (Å²) in [6.07, 6.45) is -0.599. The lowest BCUT2D eigenvalue weighted by Gasteiger charge is -2.34. The second kappa shape index (κ2) is 8.53. The van der Waals surface area contributed by atoms with Crippen LogP contribution in [0.4, 0.5) is 11.4 Å². The molecule has 1 amide bonds. The first kappa shape index (κ1) is 19.3. The number of fused-ring (bicyclic) bond motifs is 1. The van der Waals surface area contributed by atoms with Crippen molar-refractivity contribution in [2.75, 3.05) is 43.4 Å². The molecule has 0 saturated carbocycles. The van der Waals surface area contributed by atoms with Crippen LogP contribution in [0.25, 0.3) is 10.8 Å². The van der Waals surface area contributed by atoms with Gasteiger partial charge in [0, 0.05) is 42.9 Å². The predicted molar refractivity (Wildman–Crippen MR) is 119 cm³/mol. The highest BCUT2D eigenvalue weighted by Gasteiger charge is 2.17. The molecule has 0 unspecified atom stereocenters. The molecule has 1 heterocycles. The molecule has 1 fully saturated rings. The number of carbonyl (C=O) groups excluding carboxylic acids is 1. The molecule has 0 bridgehead atoms. The third-order valence-electron chi connectivity index (χ3n) is 5.43. The number of amides is 1. The van der Waals surface area contributed by atoms with Gasteiger partial charge in [-0.3, -0.25) is 4.79 Å². The van der Waals surface area contributed by atoms with Gasteiger partial charge in [0.25, 0.3) is 5.91 Å². The van der Waals surface area contributed by atoms with Crippen molar-refractivity contribution in [1.82, 2.24) is 4.90 Å². The smallest absolute Gasteiger partial charge is 0.265 e. The second-order valence-electron chi connectivity index (χ2n) is 7.56. The van der Waals surface area contributed by atoms with Crippen molar-refractivity contribution in [2.45, 2.75) is 13.0 Å². The van der Waals surface area contributed by atoms with E-state index in [0.29, 0.717) is 0 Å². The molecule has 150 valence electrons. The highest BCUT2D eigenvalue weighted by molar-refractivity contribution is 5.95. The summed E-state index contributed by atoms with van der Waals surface area (Å²) < 4.78 is 5.97. The summed E-state index contributed by atoms with van der Waals surface area (Å²) in [5.41, 5.74) is 1.97. The second-order valence-corrected chi connectivity index (χ2v) is 7.56. The third kappa shape index (κ3) is 4.51. The molecule has 0 aromatic heterocycles. The molecule has 0 radical (unpaired) electrons. The molecule has 5 nitrogen and oxygen atoms in total. The Balaban J connectivity index is 1.38. The van der Waals surface area contributed by atoms with E-state index < -0.39 is 6.10 Å². The SMILES string of the molecule is C[C@H](Oc1cccc2ccccc12)C(=O)Nc1ccc(N2CCN(C)CC2)cc1. The summed E-state index contributed by atoms with van der Waals surface area (Å²) in [4.78, 5) is 17.3. The summed E-state index contributed by atoms with van der Waals surface area (Å²) in [6.45, 7) is 5.97. The zero-order valence-corrected chi connectivity index (χ0v) is 17.0. The van der Waals surface area contributed by atoms with Crippen LogP contribution in [-0.4, -0.2) is 50.1 Å². The van der Waals surface area contributed by atoms with Crippen molar-refractivity contribution >= 4 is 28.1 Å². The van der Waals surface area contributed by atoms with Gasteiger partial charge in [-0.05, 0) is 49.7 Å². The molecule has 1 atom stereocenters. The molecule has 5 heteroatoms. The van der Waals surface area contributed by atoms with E-state index in [0.717, 1.165) is 48.4 Å². The van der Waals surface area contributed by atoms with E-state index in [9.17, 15) is 4.79 Å². The summed E-state index contributed by atoms with van der Waals surface area (Å²) in [7, 11) is 2.15. The summed E-state index contributed by atoms with van der Waals surface area (Å²) in [6, 6.07) is 21.9. The van der Waals surface area contributed by atoms with Gasteiger partial charge in [-0.1, -0.05) is 36.4 Å². The fourth-order valence-electron chi connectivity index (χ4n) is 3.61. The molecular weight excluding hydrogens is 362 g/mol. The lowest BCUT2D eigenvalue weighted by atomic mass is 10.1. The van der Waals surface area contributed by atoms with E-state index in [-0.39, 0.29) is 5.91 Å². The molecule has 29 heavy (non-hydrogen) atoms. The number of carbonyl (C=O) groups is 1. The molecule has 1 aliphatic heterocycles. The van der Waals surface area contributed by atoms with Gasteiger partial charge in [-0.2, -0.15) is 0 Å². The van der Waals surface area contributed by atoms with Crippen molar-refractivity contribution in [3.8, 4) is 5.75 Å². The minimum absolute atomic E-state index is 0.162. The van der Waals surface area contributed by atoms with E-state index in [4.69, 9.17) is 4.74 Å². The Morgan fingerprint density at radius 3 is 2.38 bits per heavy atom. The quantitative estimate of drug-likeness (QED) is 0.716. The number of hydrogen-bond donors (Lipinski definition) is 1. The van der Waals surface area contributed by atoms with Crippen LogP contribution in [0.3, 0.4) is 0 Å². The highest BCUT2D eigenvalue weighted by atomic mass is 16.5. The van der Waals surface area contributed by atoms with Gasteiger partial charge >= 0.3 is 0 Å². The maximum atomic E-state index is 12.6. The maximum absolute atomic E-state index is 12.6. The zero-order chi connectivity index (χ0) is 20.2. The zero-order valence-electron chi connectivity index (χ0n) is 17.0. The molecule has 3 aromatic carbocycles. The number of likely N-dealkylation sites (N-methyl/N-ethyl adjacent to an activating group) is 1. The minimum Gasteiger partial charge on any atom is -0.480 e. The van der Waals surface area contributed by atoms with E-state index in [2.05, 4.69) is 34.3 Å². The number of hydrogen-bond acceptors (Lipinski definition) is 4.